The van der Waals surface area contributed by atoms with E-state index in [1.165, 1.54) is 0 Å². The van der Waals surface area contributed by atoms with Gasteiger partial charge in [-0.1, -0.05) is 17.7 Å². The minimum atomic E-state index is -0.237. The summed E-state index contributed by atoms with van der Waals surface area (Å²) in [5.74, 6) is -0.237. The summed E-state index contributed by atoms with van der Waals surface area (Å²) in [5.41, 5.74) is 4.05. The lowest BCUT2D eigenvalue weighted by Crippen LogP contribution is -2.25. The Morgan fingerprint density at radius 1 is 1.43 bits per heavy atom. The molecule has 0 saturated heterocycles. The van der Waals surface area contributed by atoms with E-state index in [4.69, 9.17) is 11.6 Å². The molecule has 7 heteroatoms. The van der Waals surface area contributed by atoms with Gasteiger partial charge in [0, 0.05) is 30.8 Å². The third-order valence-electron chi connectivity index (χ3n) is 3.39. The van der Waals surface area contributed by atoms with E-state index in [1.807, 2.05) is 19.1 Å². The molecule has 112 valence electrons. The van der Waals surface area contributed by atoms with E-state index in [2.05, 4.69) is 20.8 Å². The average molecular weight is 327 g/mol. The van der Waals surface area contributed by atoms with Crippen LogP contribution in [-0.4, -0.2) is 22.6 Å². The van der Waals surface area contributed by atoms with Crippen molar-refractivity contribution in [1.82, 2.24) is 15.5 Å². The van der Waals surface area contributed by atoms with E-state index >= 15 is 0 Å². The molecule has 0 fully saturated rings. The van der Waals surface area contributed by atoms with E-state index < -0.39 is 0 Å². The van der Waals surface area contributed by atoms with E-state index in [9.17, 15) is 4.79 Å². The highest BCUT2D eigenvalue weighted by Crippen LogP contribution is 2.24. The van der Waals surface area contributed by atoms with Gasteiger partial charge in [-0.05, 0) is 24.6 Å². The van der Waals surface area contributed by atoms with Gasteiger partial charge < -0.3 is 10.6 Å². The molecule has 0 saturated carbocycles. The van der Waals surface area contributed by atoms with Crippen LogP contribution in [0.25, 0.3) is 0 Å². The normalized spacial score (nSPS) is 13.2. The largest absolute Gasteiger partial charge is 0.319 e. The molecular weight excluding hydrogens is 311 g/mol. The van der Waals surface area contributed by atoms with Gasteiger partial charge in [0.25, 0.3) is 5.91 Å². The number of halogens is 2. The number of aromatic amines is 1. The number of H-pyrrole nitrogens is 1. The van der Waals surface area contributed by atoms with Gasteiger partial charge in [-0.15, -0.1) is 12.4 Å². The predicted octanol–water partition coefficient (Wildman–Crippen LogP) is 2.69. The highest BCUT2D eigenvalue weighted by atomic mass is 35.5. The van der Waals surface area contributed by atoms with Crippen LogP contribution >= 0.6 is 24.0 Å². The van der Waals surface area contributed by atoms with Crippen molar-refractivity contribution in [3.05, 3.63) is 45.7 Å². The topological polar surface area (TPSA) is 69.8 Å². The zero-order valence-electron chi connectivity index (χ0n) is 11.5. The standard InChI is InChI=1S/C14H15ClN4O.ClH/c1-8-2-3-10(15)12(6-8)17-14(20)13-9-7-16-5-4-11(9)18-19-13;/h2-3,6,16H,4-5,7H2,1H3,(H,17,20)(H,18,19);1H. The molecule has 2 aromatic rings. The molecule has 0 unspecified atom stereocenters. The minimum absolute atomic E-state index is 0. The van der Waals surface area contributed by atoms with Crippen LogP contribution in [0.1, 0.15) is 27.3 Å². The van der Waals surface area contributed by atoms with Crippen molar-refractivity contribution in [2.24, 2.45) is 0 Å². The van der Waals surface area contributed by atoms with Gasteiger partial charge in [0.15, 0.2) is 5.69 Å². The molecule has 0 bridgehead atoms. The SMILES string of the molecule is Cc1ccc(Cl)c(NC(=O)c2n[nH]c3c2CNCC3)c1.Cl. The Balaban J connectivity index is 0.00000161. The Bertz CT molecular complexity index is 669. The Kier molecular flexibility index (Phi) is 4.88. The lowest BCUT2D eigenvalue weighted by molar-refractivity contribution is 0.102. The number of nitrogens with one attached hydrogen (secondary N) is 3. The van der Waals surface area contributed by atoms with Gasteiger partial charge in [0.05, 0.1) is 10.7 Å². The van der Waals surface area contributed by atoms with Gasteiger partial charge in [-0.25, -0.2) is 0 Å². The first-order valence-corrected chi connectivity index (χ1v) is 6.87. The van der Waals surface area contributed by atoms with Gasteiger partial charge in [-0.3, -0.25) is 9.89 Å². The summed E-state index contributed by atoms with van der Waals surface area (Å²) in [5, 5.41) is 13.6. The van der Waals surface area contributed by atoms with Gasteiger partial charge in [0.1, 0.15) is 0 Å². The number of hydrogen-bond donors (Lipinski definition) is 3. The van der Waals surface area contributed by atoms with Gasteiger partial charge in [0.2, 0.25) is 0 Å². The number of benzene rings is 1. The zero-order valence-corrected chi connectivity index (χ0v) is 13.1. The molecule has 5 nitrogen and oxygen atoms in total. The summed E-state index contributed by atoms with van der Waals surface area (Å²) < 4.78 is 0. The molecule has 1 aromatic heterocycles. The van der Waals surface area contributed by atoms with Crippen LogP contribution in [0, 0.1) is 6.92 Å². The van der Waals surface area contributed by atoms with Gasteiger partial charge >= 0.3 is 0 Å². The first-order valence-electron chi connectivity index (χ1n) is 6.49. The van der Waals surface area contributed by atoms with Crippen molar-refractivity contribution < 1.29 is 4.79 Å². The molecule has 1 aliphatic rings. The number of hydrogen-bond acceptors (Lipinski definition) is 3. The Morgan fingerprint density at radius 2 is 2.24 bits per heavy atom. The molecule has 3 N–H and O–H groups in total. The van der Waals surface area contributed by atoms with Crippen LogP contribution < -0.4 is 10.6 Å². The minimum Gasteiger partial charge on any atom is -0.319 e. The third kappa shape index (κ3) is 3.20. The van der Waals surface area contributed by atoms with Crippen LogP contribution in [0.4, 0.5) is 5.69 Å². The van der Waals surface area contributed by atoms with Gasteiger partial charge in [-0.2, -0.15) is 5.10 Å². The fourth-order valence-corrected chi connectivity index (χ4v) is 2.49. The van der Waals surface area contributed by atoms with E-state index in [-0.39, 0.29) is 18.3 Å². The summed E-state index contributed by atoms with van der Waals surface area (Å²) in [6.07, 6.45) is 0.862. The molecule has 1 aliphatic heterocycles. The number of aromatic nitrogens is 2. The molecule has 21 heavy (non-hydrogen) atoms. The number of carbonyl (C=O) groups excluding carboxylic acids is 1. The van der Waals surface area contributed by atoms with Crippen LogP contribution in [0.15, 0.2) is 18.2 Å². The van der Waals surface area contributed by atoms with Crippen molar-refractivity contribution in [2.45, 2.75) is 19.9 Å². The van der Waals surface area contributed by atoms with E-state index in [0.717, 1.165) is 29.8 Å². The summed E-state index contributed by atoms with van der Waals surface area (Å²) in [6, 6.07) is 5.52. The maximum absolute atomic E-state index is 12.3. The zero-order chi connectivity index (χ0) is 14.1. The Labute approximate surface area is 133 Å². The molecule has 1 aromatic carbocycles. The monoisotopic (exact) mass is 326 g/mol. The lowest BCUT2D eigenvalue weighted by Gasteiger charge is -2.13. The molecule has 0 atom stereocenters. The number of carbonyl (C=O) groups is 1. The third-order valence-corrected chi connectivity index (χ3v) is 3.72. The smallest absolute Gasteiger partial charge is 0.276 e. The summed E-state index contributed by atoms with van der Waals surface area (Å²) >= 11 is 6.09. The van der Waals surface area contributed by atoms with Crippen LogP contribution in [0.3, 0.4) is 0 Å². The second-order valence-corrected chi connectivity index (χ2v) is 5.30. The fourth-order valence-electron chi connectivity index (χ4n) is 2.33. The molecule has 3 rings (SSSR count). The summed E-state index contributed by atoms with van der Waals surface area (Å²) in [6.45, 7) is 3.52. The molecule has 0 spiro atoms. The molecular formula is C14H16Cl2N4O. The fraction of sp³-hybridized carbons (Fsp3) is 0.286. The molecule has 0 aliphatic carbocycles. The maximum Gasteiger partial charge on any atom is 0.276 e. The number of nitrogens with zero attached hydrogens (tertiary/aromatic N) is 1. The van der Waals surface area contributed by atoms with Crippen LogP contribution in [-0.2, 0) is 13.0 Å². The van der Waals surface area contributed by atoms with Crippen molar-refractivity contribution in [3.8, 4) is 0 Å². The second kappa shape index (κ2) is 6.47. The van der Waals surface area contributed by atoms with Crippen molar-refractivity contribution >= 4 is 35.6 Å². The lowest BCUT2D eigenvalue weighted by atomic mass is 10.1. The Hall–Kier alpha value is -1.56. The highest BCUT2D eigenvalue weighted by molar-refractivity contribution is 6.33. The van der Waals surface area contributed by atoms with Crippen molar-refractivity contribution in [1.29, 1.82) is 0 Å². The van der Waals surface area contributed by atoms with Crippen molar-refractivity contribution in [2.75, 3.05) is 11.9 Å². The summed E-state index contributed by atoms with van der Waals surface area (Å²) in [4.78, 5) is 12.3. The molecule has 2 heterocycles. The number of aryl methyl sites for hydroxylation is 1. The summed E-state index contributed by atoms with van der Waals surface area (Å²) in [7, 11) is 0. The first kappa shape index (κ1) is 15.8. The Morgan fingerprint density at radius 3 is 3.05 bits per heavy atom. The van der Waals surface area contributed by atoms with Crippen LogP contribution in [0.5, 0.6) is 0 Å². The molecule has 1 amide bonds. The second-order valence-electron chi connectivity index (χ2n) is 4.89. The van der Waals surface area contributed by atoms with E-state index in [1.54, 1.807) is 6.07 Å². The average Bonchev–Trinajstić information content (AvgIpc) is 2.87. The number of anilines is 1. The van der Waals surface area contributed by atoms with Crippen molar-refractivity contribution in [3.63, 3.8) is 0 Å². The quantitative estimate of drug-likeness (QED) is 0.794. The number of amides is 1. The van der Waals surface area contributed by atoms with E-state index in [0.29, 0.717) is 22.9 Å². The molecule has 0 radical (unpaired) electrons. The highest BCUT2D eigenvalue weighted by Gasteiger charge is 2.21. The number of rotatable bonds is 2. The number of fused-ring (bicyclic) bond motifs is 1. The van der Waals surface area contributed by atoms with Crippen LogP contribution in [0.2, 0.25) is 5.02 Å². The first-order chi connectivity index (χ1) is 9.65. The maximum atomic E-state index is 12.3. The predicted molar refractivity (Wildman–Crippen MR) is 85.4 cm³/mol.